The van der Waals surface area contributed by atoms with Crippen LogP contribution in [0.3, 0.4) is 0 Å². The molecule has 3 atom stereocenters. The molecule has 1 aliphatic heterocycles. The number of nitrogens with zero attached hydrogens (tertiary/aromatic N) is 2. The van der Waals surface area contributed by atoms with E-state index in [2.05, 4.69) is 10.6 Å². The molecule has 1 aliphatic rings. The molecule has 3 amide bonds. The van der Waals surface area contributed by atoms with E-state index in [1.54, 1.807) is 35.2 Å². The molecule has 2 aromatic carbocycles. The molecule has 0 saturated heterocycles. The second-order valence-corrected chi connectivity index (χ2v) is 8.54. The second kappa shape index (κ2) is 10.5. The van der Waals surface area contributed by atoms with E-state index in [-0.39, 0.29) is 30.6 Å². The number of hydrogen-bond donors (Lipinski definition) is 3. The fourth-order valence-electron chi connectivity index (χ4n) is 3.69. The highest BCUT2D eigenvalue weighted by molar-refractivity contribution is 6.02. The van der Waals surface area contributed by atoms with Gasteiger partial charge in [0.25, 0.3) is 5.91 Å². The molecular formula is C24H32N4O4. The summed E-state index contributed by atoms with van der Waals surface area (Å²) in [6.07, 6.45) is -0.134. The zero-order chi connectivity index (χ0) is 23.3. The zero-order valence-corrected chi connectivity index (χ0v) is 19.0. The van der Waals surface area contributed by atoms with Crippen molar-refractivity contribution in [1.82, 2.24) is 9.80 Å². The summed E-state index contributed by atoms with van der Waals surface area (Å²) in [6.45, 7) is 4.89. The zero-order valence-electron chi connectivity index (χ0n) is 19.0. The number of hydrogen-bond acceptors (Lipinski definition) is 5. The Morgan fingerprint density at radius 1 is 1.19 bits per heavy atom. The quantitative estimate of drug-likeness (QED) is 0.642. The molecule has 8 nitrogen and oxygen atoms in total. The molecule has 0 bridgehead atoms. The van der Waals surface area contributed by atoms with E-state index in [1.807, 2.05) is 51.0 Å². The fourth-order valence-corrected chi connectivity index (χ4v) is 3.69. The van der Waals surface area contributed by atoms with Gasteiger partial charge in [0.2, 0.25) is 0 Å². The summed E-state index contributed by atoms with van der Waals surface area (Å²) in [4.78, 5) is 29.5. The molecule has 1 heterocycles. The summed E-state index contributed by atoms with van der Waals surface area (Å²) in [5, 5.41) is 15.3. The number of ether oxygens (including phenoxy) is 1. The van der Waals surface area contributed by atoms with E-state index in [4.69, 9.17) is 4.74 Å². The van der Waals surface area contributed by atoms with Crippen molar-refractivity contribution in [2.45, 2.75) is 26.0 Å². The number of aliphatic hydroxyl groups is 1. The SMILES string of the molecule is C[C@H](CO)N1C[C@H](C)[C@@H](CN(C)C)Oc2ccc(NC(=O)Nc3ccccc3)cc2C1=O. The maximum Gasteiger partial charge on any atom is 0.323 e. The third kappa shape index (κ3) is 5.77. The third-order valence-electron chi connectivity index (χ3n) is 5.50. The van der Waals surface area contributed by atoms with Crippen LogP contribution in [0.5, 0.6) is 5.75 Å². The molecule has 0 radical (unpaired) electrons. The standard InChI is InChI=1S/C24H32N4O4/c1-16-13-28(17(2)15-29)23(30)20-12-19(10-11-21(20)32-22(16)14-27(3)4)26-24(31)25-18-8-6-5-7-9-18/h5-12,16-17,22,29H,13-15H2,1-4H3,(H2,25,26,31)/t16-,17+,22+/m0/s1. The predicted octanol–water partition coefficient (Wildman–Crippen LogP) is 3.11. The van der Waals surface area contributed by atoms with Crippen molar-refractivity contribution in [1.29, 1.82) is 0 Å². The maximum absolute atomic E-state index is 13.4. The molecule has 32 heavy (non-hydrogen) atoms. The number of fused-ring (bicyclic) bond motifs is 1. The Labute approximate surface area is 189 Å². The van der Waals surface area contributed by atoms with Crippen LogP contribution >= 0.6 is 0 Å². The van der Waals surface area contributed by atoms with Crippen molar-refractivity contribution < 1.29 is 19.4 Å². The predicted molar refractivity (Wildman–Crippen MR) is 125 cm³/mol. The number of urea groups is 1. The number of carbonyl (C=O) groups excluding carboxylic acids is 2. The number of anilines is 2. The lowest BCUT2D eigenvalue weighted by Gasteiger charge is -2.37. The molecule has 3 rings (SSSR count). The van der Waals surface area contributed by atoms with Crippen molar-refractivity contribution in [2.75, 3.05) is 44.4 Å². The topological polar surface area (TPSA) is 94.1 Å². The van der Waals surface area contributed by atoms with Gasteiger partial charge in [0.15, 0.2) is 0 Å². The number of para-hydroxylation sites is 1. The number of likely N-dealkylation sites (N-methyl/N-ethyl adjacent to an activating group) is 1. The average Bonchev–Trinajstić information content (AvgIpc) is 2.76. The molecule has 172 valence electrons. The van der Waals surface area contributed by atoms with Gasteiger partial charge in [-0.1, -0.05) is 25.1 Å². The number of amides is 3. The Morgan fingerprint density at radius 2 is 1.88 bits per heavy atom. The van der Waals surface area contributed by atoms with E-state index in [1.165, 1.54) is 0 Å². The van der Waals surface area contributed by atoms with Crippen LogP contribution in [0, 0.1) is 5.92 Å². The first kappa shape index (κ1) is 23.6. The minimum atomic E-state index is -0.407. The number of rotatable bonds is 6. The van der Waals surface area contributed by atoms with Crippen LogP contribution in [0.2, 0.25) is 0 Å². The Morgan fingerprint density at radius 3 is 2.53 bits per heavy atom. The van der Waals surface area contributed by atoms with Crippen molar-refractivity contribution >= 4 is 23.3 Å². The van der Waals surface area contributed by atoms with Gasteiger partial charge in [-0.25, -0.2) is 4.79 Å². The van der Waals surface area contributed by atoms with E-state index < -0.39 is 6.03 Å². The van der Waals surface area contributed by atoms with E-state index in [0.717, 1.165) is 0 Å². The molecule has 0 spiro atoms. The summed E-state index contributed by atoms with van der Waals surface area (Å²) in [6, 6.07) is 13.4. The van der Waals surface area contributed by atoms with Crippen LogP contribution in [0.15, 0.2) is 48.5 Å². The van der Waals surface area contributed by atoms with Gasteiger partial charge in [0.1, 0.15) is 11.9 Å². The van der Waals surface area contributed by atoms with Gasteiger partial charge in [-0.3, -0.25) is 4.79 Å². The Bertz CT molecular complexity index is 935. The van der Waals surface area contributed by atoms with Crippen LogP contribution in [0.4, 0.5) is 16.2 Å². The van der Waals surface area contributed by atoms with Crippen LogP contribution in [-0.2, 0) is 0 Å². The fraction of sp³-hybridized carbons (Fsp3) is 0.417. The highest BCUT2D eigenvalue weighted by Gasteiger charge is 2.33. The molecule has 3 N–H and O–H groups in total. The first-order chi connectivity index (χ1) is 15.3. The van der Waals surface area contributed by atoms with Crippen molar-refractivity contribution in [3.8, 4) is 5.75 Å². The minimum absolute atomic E-state index is 0.0675. The van der Waals surface area contributed by atoms with Crippen LogP contribution in [0.25, 0.3) is 0 Å². The van der Waals surface area contributed by atoms with Crippen molar-refractivity contribution in [2.24, 2.45) is 5.92 Å². The van der Waals surface area contributed by atoms with Crippen molar-refractivity contribution in [3.05, 3.63) is 54.1 Å². The number of aliphatic hydroxyl groups excluding tert-OH is 1. The van der Waals surface area contributed by atoms with Gasteiger partial charge in [0.05, 0.1) is 18.2 Å². The minimum Gasteiger partial charge on any atom is -0.488 e. The van der Waals surface area contributed by atoms with E-state index in [0.29, 0.717) is 35.8 Å². The highest BCUT2D eigenvalue weighted by Crippen LogP contribution is 2.30. The number of nitrogens with one attached hydrogen (secondary N) is 2. The van der Waals surface area contributed by atoms with Gasteiger partial charge in [-0.05, 0) is 51.4 Å². The van der Waals surface area contributed by atoms with Crippen molar-refractivity contribution in [3.63, 3.8) is 0 Å². The Balaban J connectivity index is 1.89. The monoisotopic (exact) mass is 440 g/mol. The molecule has 2 aromatic rings. The summed E-state index contributed by atoms with van der Waals surface area (Å²) in [7, 11) is 3.96. The lowest BCUT2D eigenvalue weighted by Crippen LogP contribution is -2.49. The van der Waals surface area contributed by atoms with Gasteiger partial charge in [-0.15, -0.1) is 0 Å². The van der Waals surface area contributed by atoms with Crippen LogP contribution in [-0.4, -0.2) is 72.8 Å². The first-order valence-electron chi connectivity index (χ1n) is 10.8. The van der Waals surface area contributed by atoms with Gasteiger partial charge in [0, 0.05) is 30.4 Å². The summed E-state index contributed by atoms with van der Waals surface area (Å²) < 4.78 is 6.27. The molecule has 0 aliphatic carbocycles. The molecule has 0 fully saturated rings. The highest BCUT2D eigenvalue weighted by atomic mass is 16.5. The molecule has 0 saturated carbocycles. The Hall–Kier alpha value is -3.10. The molecule has 0 aromatic heterocycles. The van der Waals surface area contributed by atoms with Crippen LogP contribution in [0.1, 0.15) is 24.2 Å². The second-order valence-electron chi connectivity index (χ2n) is 8.54. The van der Waals surface area contributed by atoms with Gasteiger partial charge < -0.3 is 30.3 Å². The summed E-state index contributed by atoms with van der Waals surface area (Å²) in [5.41, 5.74) is 1.50. The first-order valence-corrected chi connectivity index (χ1v) is 10.8. The molecule has 0 unspecified atom stereocenters. The lowest BCUT2D eigenvalue weighted by molar-refractivity contribution is 0.0363. The van der Waals surface area contributed by atoms with E-state index >= 15 is 0 Å². The number of carbonyl (C=O) groups is 2. The van der Waals surface area contributed by atoms with Crippen LogP contribution < -0.4 is 15.4 Å². The number of benzene rings is 2. The van der Waals surface area contributed by atoms with Gasteiger partial charge >= 0.3 is 6.03 Å². The smallest absolute Gasteiger partial charge is 0.323 e. The molecule has 8 heteroatoms. The third-order valence-corrected chi connectivity index (χ3v) is 5.50. The molecular weight excluding hydrogens is 408 g/mol. The largest absolute Gasteiger partial charge is 0.488 e. The summed E-state index contributed by atoms with van der Waals surface area (Å²) in [5.74, 6) is 0.305. The normalized spacial score (nSPS) is 19.4. The Kier molecular flexibility index (Phi) is 7.71. The van der Waals surface area contributed by atoms with Gasteiger partial charge in [-0.2, -0.15) is 0 Å². The average molecular weight is 441 g/mol. The maximum atomic E-state index is 13.4. The van der Waals surface area contributed by atoms with E-state index in [9.17, 15) is 14.7 Å². The lowest BCUT2D eigenvalue weighted by atomic mass is 9.99. The summed E-state index contributed by atoms with van der Waals surface area (Å²) >= 11 is 0.